The molecule has 0 aromatic heterocycles. The zero-order chi connectivity index (χ0) is 20.1. The minimum absolute atomic E-state index is 0.218. The van der Waals surface area contributed by atoms with E-state index in [4.69, 9.17) is 9.47 Å². The molecule has 1 amide bonds. The van der Waals surface area contributed by atoms with E-state index in [9.17, 15) is 4.79 Å². The third-order valence-corrected chi connectivity index (χ3v) is 5.41. The summed E-state index contributed by atoms with van der Waals surface area (Å²) in [5.74, 6) is 1.63. The van der Waals surface area contributed by atoms with Crippen molar-refractivity contribution >= 4 is 11.6 Å². The van der Waals surface area contributed by atoms with E-state index >= 15 is 0 Å². The fraction of sp³-hybridized carbons (Fsp3) is 0.435. The van der Waals surface area contributed by atoms with Crippen LogP contribution in [0.15, 0.2) is 36.4 Å². The Hall–Kier alpha value is -2.69. The minimum atomic E-state index is 0.218. The lowest BCUT2D eigenvalue weighted by atomic mass is 10.1. The number of ether oxygens (including phenoxy) is 2. The van der Waals surface area contributed by atoms with E-state index in [-0.39, 0.29) is 5.91 Å². The molecule has 5 nitrogen and oxygen atoms in total. The molecule has 28 heavy (non-hydrogen) atoms. The predicted molar refractivity (Wildman–Crippen MR) is 113 cm³/mol. The molecule has 0 bridgehead atoms. The summed E-state index contributed by atoms with van der Waals surface area (Å²) in [6.45, 7) is 7.58. The molecular weight excluding hydrogens is 352 g/mol. The van der Waals surface area contributed by atoms with Crippen LogP contribution < -0.4 is 14.4 Å². The monoisotopic (exact) mass is 382 g/mol. The lowest BCUT2D eigenvalue weighted by molar-refractivity contribution is -0.131. The van der Waals surface area contributed by atoms with Gasteiger partial charge in [-0.25, -0.2) is 0 Å². The number of hydrogen-bond donors (Lipinski definition) is 0. The number of rotatable bonds is 6. The highest BCUT2D eigenvalue weighted by molar-refractivity contribution is 5.77. The maximum Gasteiger partial charge on any atom is 0.223 e. The van der Waals surface area contributed by atoms with Crippen LogP contribution in [0.2, 0.25) is 0 Å². The van der Waals surface area contributed by atoms with Crippen molar-refractivity contribution in [2.75, 3.05) is 45.3 Å². The van der Waals surface area contributed by atoms with Crippen molar-refractivity contribution in [3.05, 3.63) is 53.1 Å². The molecule has 5 heteroatoms. The Morgan fingerprint density at radius 1 is 0.929 bits per heavy atom. The third-order valence-electron chi connectivity index (χ3n) is 5.41. The Morgan fingerprint density at radius 3 is 2.32 bits per heavy atom. The average molecular weight is 383 g/mol. The lowest BCUT2D eigenvalue weighted by Gasteiger charge is -2.37. The summed E-state index contributed by atoms with van der Waals surface area (Å²) in [5, 5.41) is 0. The van der Waals surface area contributed by atoms with Crippen LogP contribution in [-0.2, 0) is 11.2 Å². The lowest BCUT2D eigenvalue weighted by Crippen LogP contribution is -2.49. The van der Waals surface area contributed by atoms with Gasteiger partial charge in [-0.1, -0.05) is 18.2 Å². The van der Waals surface area contributed by atoms with Crippen molar-refractivity contribution < 1.29 is 14.3 Å². The van der Waals surface area contributed by atoms with Gasteiger partial charge in [0.1, 0.15) is 0 Å². The van der Waals surface area contributed by atoms with Gasteiger partial charge in [0.2, 0.25) is 5.91 Å². The van der Waals surface area contributed by atoms with Gasteiger partial charge >= 0.3 is 0 Å². The Morgan fingerprint density at radius 2 is 1.64 bits per heavy atom. The fourth-order valence-electron chi connectivity index (χ4n) is 3.70. The zero-order valence-corrected chi connectivity index (χ0v) is 17.3. The Bertz CT molecular complexity index is 827. The molecule has 0 unspecified atom stereocenters. The molecule has 0 radical (unpaired) electrons. The van der Waals surface area contributed by atoms with Gasteiger partial charge < -0.3 is 19.3 Å². The summed E-state index contributed by atoms with van der Waals surface area (Å²) >= 11 is 0. The average Bonchev–Trinajstić information content (AvgIpc) is 2.73. The second-order valence-corrected chi connectivity index (χ2v) is 7.35. The SMILES string of the molecule is COc1ccc(CCC(=O)N2CCN(c3cc(C)ccc3C)CC2)cc1OC. The minimum Gasteiger partial charge on any atom is -0.493 e. The van der Waals surface area contributed by atoms with Crippen LogP contribution in [-0.4, -0.2) is 51.2 Å². The molecule has 0 spiro atoms. The molecule has 1 saturated heterocycles. The van der Waals surface area contributed by atoms with E-state index in [2.05, 4.69) is 36.9 Å². The van der Waals surface area contributed by atoms with Crippen molar-refractivity contribution in [3.8, 4) is 11.5 Å². The predicted octanol–water partition coefficient (Wildman–Crippen LogP) is 3.60. The van der Waals surface area contributed by atoms with Crippen molar-refractivity contribution in [3.63, 3.8) is 0 Å². The summed E-state index contributed by atoms with van der Waals surface area (Å²) < 4.78 is 10.6. The molecule has 3 rings (SSSR count). The number of hydrogen-bond acceptors (Lipinski definition) is 4. The Kier molecular flexibility index (Phi) is 6.45. The Labute approximate surface area is 167 Å². The summed E-state index contributed by atoms with van der Waals surface area (Å²) in [5.41, 5.74) is 4.94. The fourth-order valence-corrected chi connectivity index (χ4v) is 3.70. The normalized spacial score (nSPS) is 14.1. The van der Waals surface area contributed by atoms with Gasteiger partial charge in [-0.15, -0.1) is 0 Å². The number of aryl methyl sites for hydroxylation is 3. The molecule has 0 aliphatic carbocycles. The van der Waals surface area contributed by atoms with Gasteiger partial charge in [0.05, 0.1) is 14.2 Å². The number of carbonyl (C=O) groups is 1. The van der Waals surface area contributed by atoms with E-state index < -0.39 is 0 Å². The number of nitrogens with zero attached hydrogens (tertiary/aromatic N) is 2. The van der Waals surface area contributed by atoms with Crippen LogP contribution in [0.4, 0.5) is 5.69 Å². The van der Waals surface area contributed by atoms with Crippen molar-refractivity contribution in [2.24, 2.45) is 0 Å². The van der Waals surface area contributed by atoms with Gasteiger partial charge in [0.25, 0.3) is 0 Å². The molecule has 1 fully saturated rings. The molecule has 1 aliphatic heterocycles. The highest BCUT2D eigenvalue weighted by atomic mass is 16.5. The van der Waals surface area contributed by atoms with Crippen molar-refractivity contribution in [2.45, 2.75) is 26.7 Å². The smallest absolute Gasteiger partial charge is 0.223 e. The molecule has 0 N–H and O–H groups in total. The molecule has 1 heterocycles. The van der Waals surface area contributed by atoms with Gasteiger partial charge in [-0.3, -0.25) is 4.79 Å². The molecule has 0 saturated carbocycles. The van der Waals surface area contributed by atoms with E-state index in [1.54, 1.807) is 14.2 Å². The number of amides is 1. The van der Waals surface area contributed by atoms with Crippen LogP contribution in [0.3, 0.4) is 0 Å². The van der Waals surface area contributed by atoms with Crippen molar-refractivity contribution in [1.82, 2.24) is 4.90 Å². The van der Waals surface area contributed by atoms with E-state index in [1.807, 2.05) is 23.1 Å². The number of benzene rings is 2. The summed E-state index contributed by atoms with van der Waals surface area (Å²) in [6, 6.07) is 12.4. The largest absolute Gasteiger partial charge is 0.493 e. The highest BCUT2D eigenvalue weighted by Crippen LogP contribution is 2.28. The van der Waals surface area contributed by atoms with Gasteiger partial charge in [0.15, 0.2) is 11.5 Å². The van der Waals surface area contributed by atoms with Crippen molar-refractivity contribution in [1.29, 1.82) is 0 Å². The van der Waals surface area contributed by atoms with Gasteiger partial charge in [-0.05, 0) is 55.2 Å². The molecule has 0 atom stereocenters. The number of methoxy groups -OCH3 is 2. The topological polar surface area (TPSA) is 42.0 Å². The first-order valence-corrected chi connectivity index (χ1v) is 9.82. The maximum absolute atomic E-state index is 12.7. The quantitative estimate of drug-likeness (QED) is 0.766. The molecule has 1 aliphatic rings. The standard InChI is InChI=1S/C23H30N2O3/c1-17-5-6-18(2)20(15-17)24-11-13-25(14-12-24)23(26)10-8-19-7-9-21(27-3)22(16-19)28-4/h5-7,9,15-16H,8,10-14H2,1-4H3. The number of anilines is 1. The zero-order valence-electron chi connectivity index (χ0n) is 17.3. The van der Waals surface area contributed by atoms with Crippen LogP contribution in [0.25, 0.3) is 0 Å². The highest BCUT2D eigenvalue weighted by Gasteiger charge is 2.22. The second-order valence-electron chi connectivity index (χ2n) is 7.35. The summed E-state index contributed by atoms with van der Waals surface area (Å²) in [6.07, 6.45) is 1.22. The molecule has 150 valence electrons. The molecule has 2 aromatic rings. The summed E-state index contributed by atoms with van der Waals surface area (Å²) in [7, 11) is 3.25. The molecular formula is C23H30N2O3. The van der Waals surface area contributed by atoms with Crippen LogP contribution in [0, 0.1) is 13.8 Å². The van der Waals surface area contributed by atoms with E-state index in [0.717, 1.165) is 31.7 Å². The van der Waals surface area contributed by atoms with Crippen LogP contribution in [0.5, 0.6) is 11.5 Å². The van der Waals surface area contributed by atoms with Crippen LogP contribution in [0.1, 0.15) is 23.1 Å². The Balaban J connectivity index is 1.53. The van der Waals surface area contributed by atoms with E-state index in [1.165, 1.54) is 16.8 Å². The van der Waals surface area contributed by atoms with Crippen LogP contribution >= 0.6 is 0 Å². The maximum atomic E-state index is 12.7. The number of piperazine rings is 1. The van der Waals surface area contributed by atoms with Gasteiger partial charge in [-0.2, -0.15) is 0 Å². The van der Waals surface area contributed by atoms with Gasteiger partial charge in [0, 0.05) is 38.3 Å². The number of carbonyl (C=O) groups excluding carboxylic acids is 1. The first kappa shape index (κ1) is 20.1. The third kappa shape index (κ3) is 4.58. The van der Waals surface area contributed by atoms with E-state index in [0.29, 0.717) is 24.3 Å². The molecule has 2 aromatic carbocycles. The first-order valence-electron chi connectivity index (χ1n) is 9.82. The second kappa shape index (κ2) is 9.00. The first-order chi connectivity index (χ1) is 13.5. The summed E-state index contributed by atoms with van der Waals surface area (Å²) in [4.78, 5) is 17.0.